The third-order valence-electron chi connectivity index (χ3n) is 3.21. The van der Waals surface area contributed by atoms with Crippen LogP contribution in [0.25, 0.3) is 0 Å². The lowest BCUT2D eigenvalue weighted by atomic mass is 10.1. The number of hydrogen-bond donors (Lipinski definition) is 1. The Labute approximate surface area is 117 Å². The summed E-state index contributed by atoms with van der Waals surface area (Å²) in [6.45, 7) is 1.93. The molecule has 1 aromatic carbocycles. The molecular formula is C14H20BrNO2. The van der Waals surface area contributed by atoms with Crippen molar-refractivity contribution in [3.8, 4) is 5.75 Å². The van der Waals surface area contributed by atoms with Crippen LogP contribution in [0.15, 0.2) is 22.7 Å². The minimum absolute atomic E-state index is 0.495. The van der Waals surface area contributed by atoms with Crippen LogP contribution in [0.1, 0.15) is 25.7 Å². The number of nitrogens with one attached hydrogen (secondary N) is 1. The lowest BCUT2D eigenvalue weighted by molar-refractivity contribution is 0.103. The Morgan fingerprint density at radius 1 is 1.50 bits per heavy atom. The molecule has 3 nitrogen and oxygen atoms in total. The predicted octanol–water partition coefficient (Wildman–Crippen LogP) is 3.83. The van der Waals surface area contributed by atoms with E-state index in [0.29, 0.717) is 6.10 Å². The number of halogens is 1. The monoisotopic (exact) mass is 313 g/mol. The van der Waals surface area contributed by atoms with E-state index in [-0.39, 0.29) is 0 Å². The summed E-state index contributed by atoms with van der Waals surface area (Å²) >= 11 is 3.49. The number of benzene rings is 1. The molecule has 0 amide bonds. The van der Waals surface area contributed by atoms with Gasteiger partial charge in [-0.3, -0.25) is 0 Å². The van der Waals surface area contributed by atoms with Crippen molar-refractivity contribution in [3.63, 3.8) is 0 Å². The van der Waals surface area contributed by atoms with E-state index >= 15 is 0 Å². The van der Waals surface area contributed by atoms with Gasteiger partial charge >= 0.3 is 0 Å². The summed E-state index contributed by atoms with van der Waals surface area (Å²) in [6, 6.07) is 6.05. The molecule has 100 valence electrons. The molecule has 2 rings (SSSR count). The maximum Gasteiger partial charge on any atom is 0.133 e. The van der Waals surface area contributed by atoms with Gasteiger partial charge in [-0.15, -0.1) is 0 Å². The summed E-state index contributed by atoms with van der Waals surface area (Å²) in [4.78, 5) is 0. The quantitative estimate of drug-likeness (QED) is 0.810. The fraction of sp³-hybridized carbons (Fsp3) is 0.571. The van der Waals surface area contributed by atoms with E-state index in [2.05, 4.69) is 21.2 Å². The second kappa shape index (κ2) is 7.00. The zero-order valence-electron chi connectivity index (χ0n) is 10.7. The van der Waals surface area contributed by atoms with Crippen molar-refractivity contribution < 1.29 is 9.47 Å². The highest BCUT2D eigenvalue weighted by atomic mass is 79.9. The van der Waals surface area contributed by atoms with E-state index in [1.54, 1.807) is 7.11 Å². The van der Waals surface area contributed by atoms with E-state index in [9.17, 15) is 0 Å². The minimum Gasteiger partial charge on any atom is -0.496 e. The lowest BCUT2D eigenvalue weighted by Gasteiger charge is -2.11. The van der Waals surface area contributed by atoms with Gasteiger partial charge in [0, 0.05) is 18.8 Å². The summed E-state index contributed by atoms with van der Waals surface area (Å²) in [5.41, 5.74) is 1.12. The molecule has 1 atom stereocenters. The highest BCUT2D eigenvalue weighted by Crippen LogP contribution is 2.27. The Bertz CT molecular complexity index is 378. The molecule has 1 heterocycles. The molecule has 0 bridgehead atoms. The first-order valence-electron chi connectivity index (χ1n) is 6.48. The molecule has 0 aliphatic carbocycles. The fourth-order valence-corrected chi connectivity index (χ4v) is 2.75. The molecule has 1 unspecified atom stereocenters. The predicted molar refractivity (Wildman–Crippen MR) is 77.4 cm³/mol. The Morgan fingerprint density at radius 2 is 2.39 bits per heavy atom. The second-order valence-electron chi connectivity index (χ2n) is 4.55. The van der Waals surface area contributed by atoms with Crippen LogP contribution in [0.4, 0.5) is 5.69 Å². The molecule has 0 spiro atoms. The summed E-state index contributed by atoms with van der Waals surface area (Å²) in [5.74, 6) is 0.861. The Morgan fingerprint density at radius 3 is 3.06 bits per heavy atom. The van der Waals surface area contributed by atoms with Gasteiger partial charge in [0.1, 0.15) is 5.75 Å². The van der Waals surface area contributed by atoms with Crippen molar-refractivity contribution in [1.29, 1.82) is 0 Å². The molecule has 0 aromatic heterocycles. The topological polar surface area (TPSA) is 30.5 Å². The summed E-state index contributed by atoms with van der Waals surface area (Å²) in [6.07, 6.45) is 5.25. The number of anilines is 1. The molecule has 1 aliphatic heterocycles. The van der Waals surface area contributed by atoms with Crippen LogP contribution < -0.4 is 10.1 Å². The van der Waals surface area contributed by atoms with E-state index in [4.69, 9.17) is 9.47 Å². The van der Waals surface area contributed by atoms with Crippen molar-refractivity contribution in [2.24, 2.45) is 0 Å². The highest BCUT2D eigenvalue weighted by Gasteiger charge is 2.14. The standard InChI is InChI=1S/C14H20BrNO2/c1-17-14-7-6-11(10-13(14)15)16-8-2-4-12-5-3-9-18-12/h6-7,10,12,16H,2-5,8-9H2,1H3. The van der Waals surface area contributed by atoms with Crippen LogP contribution in [-0.2, 0) is 4.74 Å². The maximum absolute atomic E-state index is 5.60. The average molecular weight is 314 g/mol. The largest absolute Gasteiger partial charge is 0.496 e. The van der Waals surface area contributed by atoms with Crippen LogP contribution in [-0.4, -0.2) is 26.4 Å². The molecule has 4 heteroatoms. The van der Waals surface area contributed by atoms with E-state index < -0.39 is 0 Å². The van der Waals surface area contributed by atoms with E-state index in [0.717, 1.165) is 41.9 Å². The number of hydrogen-bond acceptors (Lipinski definition) is 3. The van der Waals surface area contributed by atoms with Crippen LogP contribution >= 0.6 is 15.9 Å². The van der Waals surface area contributed by atoms with Crippen LogP contribution in [0, 0.1) is 0 Å². The first-order valence-corrected chi connectivity index (χ1v) is 7.28. The molecule has 1 N–H and O–H groups in total. The molecule has 1 fully saturated rings. The first kappa shape index (κ1) is 13.7. The van der Waals surface area contributed by atoms with Crippen LogP contribution in [0.2, 0.25) is 0 Å². The summed E-state index contributed by atoms with van der Waals surface area (Å²) in [5, 5.41) is 3.42. The molecule has 1 saturated heterocycles. The third kappa shape index (κ3) is 3.89. The van der Waals surface area contributed by atoms with Gasteiger partial charge in [-0.1, -0.05) is 0 Å². The normalized spacial score (nSPS) is 18.9. The van der Waals surface area contributed by atoms with Gasteiger partial charge in [0.2, 0.25) is 0 Å². The minimum atomic E-state index is 0.495. The van der Waals surface area contributed by atoms with Gasteiger partial charge in [-0.05, 0) is 59.8 Å². The SMILES string of the molecule is COc1ccc(NCCCC2CCCO2)cc1Br. The van der Waals surface area contributed by atoms with Gasteiger partial charge in [-0.25, -0.2) is 0 Å². The summed E-state index contributed by atoms with van der Waals surface area (Å²) in [7, 11) is 1.68. The fourth-order valence-electron chi connectivity index (χ4n) is 2.21. The molecule has 1 aliphatic rings. The number of methoxy groups -OCH3 is 1. The highest BCUT2D eigenvalue weighted by molar-refractivity contribution is 9.10. The molecular weight excluding hydrogens is 294 g/mol. The molecule has 0 radical (unpaired) electrons. The van der Waals surface area contributed by atoms with Crippen molar-refractivity contribution in [2.75, 3.05) is 25.6 Å². The van der Waals surface area contributed by atoms with Crippen molar-refractivity contribution >= 4 is 21.6 Å². The third-order valence-corrected chi connectivity index (χ3v) is 3.83. The maximum atomic E-state index is 5.60. The molecule has 0 saturated carbocycles. The number of ether oxygens (including phenoxy) is 2. The van der Waals surface area contributed by atoms with Crippen molar-refractivity contribution in [2.45, 2.75) is 31.8 Å². The first-order chi connectivity index (χ1) is 8.79. The van der Waals surface area contributed by atoms with Gasteiger partial charge in [-0.2, -0.15) is 0 Å². The van der Waals surface area contributed by atoms with Crippen LogP contribution in [0.3, 0.4) is 0 Å². The van der Waals surface area contributed by atoms with E-state index in [1.165, 1.54) is 12.8 Å². The van der Waals surface area contributed by atoms with Gasteiger partial charge in [0.15, 0.2) is 0 Å². The Kier molecular flexibility index (Phi) is 5.32. The number of rotatable bonds is 6. The average Bonchev–Trinajstić information content (AvgIpc) is 2.88. The Balaban J connectivity index is 1.71. The van der Waals surface area contributed by atoms with Crippen molar-refractivity contribution in [1.82, 2.24) is 0 Å². The van der Waals surface area contributed by atoms with E-state index in [1.807, 2.05) is 18.2 Å². The second-order valence-corrected chi connectivity index (χ2v) is 5.41. The molecule has 1 aromatic rings. The Hall–Kier alpha value is -0.740. The smallest absolute Gasteiger partial charge is 0.133 e. The van der Waals surface area contributed by atoms with Gasteiger partial charge < -0.3 is 14.8 Å². The zero-order valence-corrected chi connectivity index (χ0v) is 12.3. The van der Waals surface area contributed by atoms with Crippen LogP contribution in [0.5, 0.6) is 5.75 Å². The molecule has 18 heavy (non-hydrogen) atoms. The van der Waals surface area contributed by atoms with Gasteiger partial charge in [0.25, 0.3) is 0 Å². The summed E-state index contributed by atoms with van der Waals surface area (Å²) < 4.78 is 11.8. The van der Waals surface area contributed by atoms with Crippen molar-refractivity contribution in [3.05, 3.63) is 22.7 Å². The zero-order chi connectivity index (χ0) is 12.8. The van der Waals surface area contributed by atoms with Gasteiger partial charge in [0.05, 0.1) is 17.7 Å². The lowest BCUT2D eigenvalue weighted by Crippen LogP contribution is -2.09.